The summed E-state index contributed by atoms with van der Waals surface area (Å²) in [6.07, 6.45) is 3.73. The van der Waals surface area contributed by atoms with Crippen LogP contribution in [0.1, 0.15) is 18.8 Å². The van der Waals surface area contributed by atoms with Gasteiger partial charge in [0.2, 0.25) is 5.91 Å². The molecule has 0 spiro atoms. The van der Waals surface area contributed by atoms with Crippen molar-refractivity contribution in [2.24, 2.45) is 0 Å². The standard InChI is InChI=1S/C15H15Cl2N5O/c1-9(22-8-11(17)7-19-22)15(23)18-5-4-14-20-12-3-2-10(16)6-13(12)21-14/h2-3,6-9H,4-5H2,1H3,(H,18,23)(H,20,21). The average molecular weight is 352 g/mol. The number of benzene rings is 1. The number of halogens is 2. The zero-order chi connectivity index (χ0) is 16.4. The van der Waals surface area contributed by atoms with Crippen molar-refractivity contribution in [2.75, 3.05) is 6.54 Å². The Balaban J connectivity index is 1.56. The lowest BCUT2D eigenvalue weighted by Crippen LogP contribution is -2.32. The number of H-pyrrole nitrogens is 1. The third-order valence-corrected chi connectivity index (χ3v) is 3.93. The van der Waals surface area contributed by atoms with E-state index in [1.165, 1.54) is 10.9 Å². The second-order valence-corrected chi connectivity index (χ2v) is 6.07. The molecule has 2 heterocycles. The molecule has 1 unspecified atom stereocenters. The van der Waals surface area contributed by atoms with E-state index in [2.05, 4.69) is 20.4 Å². The molecule has 1 aromatic carbocycles. The molecule has 1 amide bonds. The van der Waals surface area contributed by atoms with Gasteiger partial charge >= 0.3 is 0 Å². The lowest BCUT2D eigenvalue weighted by molar-refractivity contribution is -0.124. The Hall–Kier alpha value is -2.05. The van der Waals surface area contributed by atoms with Crippen molar-refractivity contribution < 1.29 is 4.79 Å². The summed E-state index contributed by atoms with van der Waals surface area (Å²) in [6.45, 7) is 2.24. The molecule has 0 radical (unpaired) electrons. The van der Waals surface area contributed by atoms with E-state index in [4.69, 9.17) is 23.2 Å². The van der Waals surface area contributed by atoms with Crippen LogP contribution in [0.25, 0.3) is 11.0 Å². The highest BCUT2D eigenvalue weighted by atomic mass is 35.5. The molecule has 0 saturated carbocycles. The summed E-state index contributed by atoms with van der Waals surface area (Å²) in [5.41, 5.74) is 1.74. The van der Waals surface area contributed by atoms with E-state index in [1.54, 1.807) is 19.2 Å². The van der Waals surface area contributed by atoms with Gasteiger partial charge in [-0.3, -0.25) is 9.48 Å². The largest absolute Gasteiger partial charge is 0.354 e. The minimum atomic E-state index is -0.419. The van der Waals surface area contributed by atoms with Gasteiger partial charge in [0.15, 0.2) is 0 Å². The Morgan fingerprint density at radius 2 is 2.22 bits per heavy atom. The van der Waals surface area contributed by atoms with Crippen molar-refractivity contribution >= 4 is 40.1 Å². The molecule has 3 aromatic rings. The van der Waals surface area contributed by atoms with E-state index in [9.17, 15) is 4.79 Å². The van der Waals surface area contributed by atoms with E-state index in [0.29, 0.717) is 23.0 Å². The highest BCUT2D eigenvalue weighted by Crippen LogP contribution is 2.17. The number of aromatic nitrogens is 4. The van der Waals surface area contributed by atoms with Crippen molar-refractivity contribution in [1.29, 1.82) is 0 Å². The molecule has 0 saturated heterocycles. The molecule has 0 aliphatic carbocycles. The van der Waals surface area contributed by atoms with Gasteiger partial charge in [0.1, 0.15) is 11.9 Å². The minimum Gasteiger partial charge on any atom is -0.354 e. The average Bonchev–Trinajstić information content (AvgIpc) is 3.11. The van der Waals surface area contributed by atoms with Crippen LogP contribution < -0.4 is 5.32 Å². The fourth-order valence-electron chi connectivity index (χ4n) is 2.25. The Morgan fingerprint density at radius 1 is 1.39 bits per heavy atom. The topological polar surface area (TPSA) is 75.6 Å². The highest BCUT2D eigenvalue weighted by Gasteiger charge is 2.15. The number of rotatable bonds is 5. The first-order valence-electron chi connectivity index (χ1n) is 7.14. The number of hydrogen-bond acceptors (Lipinski definition) is 3. The van der Waals surface area contributed by atoms with Gasteiger partial charge in [0.25, 0.3) is 0 Å². The van der Waals surface area contributed by atoms with E-state index >= 15 is 0 Å². The van der Waals surface area contributed by atoms with Gasteiger partial charge in [0, 0.05) is 24.2 Å². The Kier molecular flexibility index (Phi) is 4.54. The van der Waals surface area contributed by atoms with Gasteiger partial charge < -0.3 is 10.3 Å². The van der Waals surface area contributed by atoms with Crippen molar-refractivity contribution in [3.05, 3.63) is 46.5 Å². The molecule has 8 heteroatoms. The van der Waals surface area contributed by atoms with Crippen LogP contribution in [0.15, 0.2) is 30.6 Å². The van der Waals surface area contributed by atoms with Gasteiger partial charge in [-0.2, -0.15) is 5.10 Å². The molecule has 6 nitrogen and oxygen atoms in total. The van der Waals surface area contributed by atoms with E-state index in [0.717, 1.165) is 16.9 Å². The summed E-state index contributed by atoms with van der Waals surface area (Å²) >= 11 is 11.8. The summed E-state index contributed by atoms with van der Waals surface area (Å²) in [4.78, 5) is 19.7. The summed E-state index contributed by atoms with van der Waals surface area (Å²) < 4.78 is 1.53. The SMILES string of the molecule is CC(C(=O)NCCc1nc2ccc(Cl)cc2[nH]1)n1cc(Cl)cn1. The number of carbonyl (C=O) groups excluding carboxylic acids is 1. The molecule has 2 N–H and O–H groups in total. The highest BCUT2D eigenvalue weighted by molar-refractivity contribution is 6.31. The molecule has 23 heavy (non-hydrogen) atoms. The third-order valence-electron chi connectivity index (χ3n) is 3.50. The molecule has 0 bridgehead atoms. The predicted octanol–water partition coefficient (Wildman–Crippen LogP) is 2.99. The van der Waals surface area contributed by atoms with E-state index < -0.39 is 6.04 Å². The summed E-state index contributed by atoms with van der Waals surface area (Å²) in [7, 11) is 0. The van der Waals surface area contributed by atoms with Crippen LogP contribution in [-0.4, -0.2) is 32.2 Å². The van der Waals surface area contributed by atoms with Gasteiger partial charge in [0.05, 0.1) is 22.3 Å². The number of nitrogens with zero attached hydrogens (tertiary/aromatic N) is 3. The maximum atomic E-state index is 12.1. The van der Waals surface area contributed by atoms with Crippen LogP contribution in [0.4, 0.5) is 0 Å². The number of fused-ring (bicyclic) bond motifs is 1. The Morgan fingerprint density at radius 3 is 2.96 bits per heavy atom. The molecule has 0 aliphatic rings. The molecule has 3 rings (SSSR count). The molecule has 120 valence electrons. The summed E-state index contributed by atoms with van der Waals surface area (Å²) in [6, 6.07) is 5.07. The maximum Gasteiger partial charge on any atom is 0.244 e. The quantitative estimate of drug-likeness (QED) is 0.741. The number of carbonyl (C=O) groups is 1. The van der Waals surface area contributed by atoms with Crippen molar-refractivity contribution in [3.8, 4) is 0 Å². The molecule has 1 atom stereocenters. The lowest BCUT2D eigenvalue weighted by Gasteiger charge is -2.12. The molecular weight excluding hydrogens is 337 g/mol. The second kappa shape index (κ2) is 6.60. The van der Waals surface area contributed by atoms with Crippen LogP contribution in [0.5, 0.6) is 0 Å². The number of hydrogen-bond donors (Lipinski definition) is 2. The molecule has 0 aliphatic heterocycles. The monoisotopic (exact) mass is 351 g/mol. The van der Waals surface area contributed by atoms with Gasteiger partial charge in [-0.25, -0.2) is 4.98 Å². The fourth-order valence-corrected chi connectivity index (χ4v) is 2.57. The van der Waals surface area contributed by atoms with Gasteiger partial charge in [-0.15, -0.1) is 0 Å². The third kappa shape index (κ3) is 3.65. The predicted molar refractivity (Wildman–Crippen MR) is 89.8 cm³/mol. The normalized spacial score (nSPS) is 12.5. The van der Waals surface area contributed by atoms with Gasteiger partial charge in [-0.1, -0.05) is 23.2 Å². The summed E-state index contributed by atoms with van der Waals surface area (Å²) in [5, 5.41) is 8.06. The van der Waals surface area contributed by atoms with Crippen LogP contribution in [0, 0.1) is 0 Å². The lowest BCUT2D eigenvalue weighted by atomic mass is 10.3. The van der Waals surface area contributed by atoms with E-state index in [-0.39, 0.29) is 5.91 Å². The molecule has 2 aromatic heterocycles. The molecule has 0 fully saturated rings. The van der Waals surface area contributed by atoms with Gasteiger partial charge in [-0.05, 0) is 25.1 Å². The van der Waals surface area contributed by atoms with Crippen LogP contribution in [-0.2, 0) is 11.2 Å². The zero-order valence-corrected chi connectivity index (χ0v) is 13.9. The first-order chi connectivity index (χ1) is 11.0. The number of amides is 1. The van der Waals surface area contributed by atoms with Crippen molar-refractivity contribution in [1.82, 2.24) is 25.1 Å². The van der Waals surface area contributed by atoms with Crippen LogP contribution in [0.2, 0.25) is 10.0 Å². The Labute approximate surface area is 142 Å². The van der Waals surface area contributed by atoms with Crippen LogP contribution in [0.3, 0.4) is 0 Å². The van der Waals surface area contributed by atoms with Crippen molar-refractivity contribution in [3.63, 3.8) is 0 Å². The van der Waals surface area contributed by atoms with E-state index in [1.807, 2.05) is 12.1 Å². The smallest absolute Gasteiger partial charge is 0.244 e. The minimum absolute atomic E-state index is 0.121. The fraction of sp³-hybridized carbons (Fsp3) is 0.267. The van der Waals surface area contributed by atoms with Crippen molar-refractivity contribution in [2.45, 2.75) is 19.4 Å². The first kappa shape index (κ1) is 15.8. The van der Waals surface area contributed by atoms with Crippen LogP contribution >= 0.6 is 23.2 Å². The summed E-state index contributed by atoms with van der Waals surface area (Å²) in [5.74, 6) is 0.682. The number of imidazole rings is 1. The zero-order valence-electron chi connectivity index (χ0n) is 12.4. The number of nitrogens with one attached hydrogen (secondary N) is 2. The molecular formula is C15H15Cl2N5O. The second-order valence-electron chi connectivity index (χ2n) is 5.20. The maximum absolute atomic E-state index is 12.1. The first-order valence-corrected chi connectivity index (χ1v) is 7.90. The Bertz CT molecular complexity index is 841. The number of aromatic amines is 1.